The molecule has 0 saturated carbocycles. The van der Waals surface area contributed by atoms with E-state index in [1.54, 1.807) is 0 Å². The van der Waals surface area contributed by atoms with Crippen LogP contribution in [0, 0.1) is 5.41 Å². The molecule has 0 aromatic heterocycles. The molecule has 0 bridgehead atoms. The van der Waals surface area contributed by atoms with E-state index in [2.05, 4.69) is 10.6 Å². The molecule has 0 spiro atoms. The average molecular weight is 249 g/mol. The number of nitrogens with one attached hydrogen (secondary N) is 2. The Hall–Kier alpha value is -0.230. The van der Waals surface area contributed by atoms with E-state index in [9.17, 15) is 9.59 Å². The summed E-state index contributed by atoms with van der Waals surface area (Å²) in [6, 6.07) is 0. The standard InChI is InChI=1S/C10H14N2O2S.Na/c1-3-5-6-10(4-2)7(13)11-9(15)12-8(10)14;/h3,5H,4,6H2,1-2H3,(H2,11,12,13,14,15);. The average Bonchev–Trinajstić information content (AvgIpc) is 2.17. The van der Waals surface area contributed by atoms with Crippen LogP contribution in [0.4, 0.5) is 0 Å². The molecule has 1 saturated heterocycles. The topological polar surface area (TPSA) is 58.2 Å². The van der Waals surface area contributed by atoms with Crippen molar-refractivity contribution in [2.75, 3.05) is 0 Å². The minimum Gasteiger partial charge on any atom is -0.302 e. The quantitative estimate of drug-likeness (QED) is 0.331. The summed E-state index contributed by atoms with van der Waals surface area (Å²) in [5.41, 5.74) is -1.01. The first-order valence-corrected chi connectivity index (χ1v) is 5.25. The minimum atomic E-state index is -1.01. The molecule has 0 atom stereocenters. The van der Waals surface area contributed by atoms with E-state index in [1.165, 1.54) is 0 Å². The van der Waals surface area contributed by atoms with Gasteiger partial charge < -0.3 is 10.6 Å². The number of amides is 2. The maximum absolute atomic E-state index is 11.8. The van der Waals surface area contributed by atoms with E-state index >= 15 is 0 Å². The Morgan fingerprint density at radius 1 is 1.31 bits per heavy atom. The van der Waals surface area contributed by atoms with Crippen molar-refractivity contribution in [1.29, 1.82) is 0 Å². The largest absolute Gasteiger partial charge is 0.302 e. The van der Waals surface area contributed by atoms with Crippen molar-refractivity contribution in [1.82, 2.24) is 10.6 Å². The first-order chi connectivity index (χ1) is 7.06. The first kappa shape index (κ1) is 15.8. The second-order valence-corrected chi connectivity index (χ2v) is 3.85. The molecule has 1 aliphatic heterocycles. The van der Waals surface area contributed by atoms with Gasteiger partial charge in [-0.3, -0.25) is 9.59 Å². The number of carbonyl (C=O) groups is 2. The molecular formula is C10H14N2NaO2S. The van der Waals surface area contributed by atoms with Crippen LogP contribution in [0.3, 0.4) is 0 Å². The third-order valence-electron chi connectivity index (χ3n) is 2.63. The molecule has 2 N–H and O–H groups in total. The van der Waals surface area contributed by atoms with Crippen molar-refractivity contribution in [3.8, 4) is 0 Å². The van der Waals surface area contributed by atoms with Gasteiger partial charge in [0.05, 0.1) is 0 Å². The Kier molecular flexibility index (Phi) is 6.40. The second-order valence-electron chi connectivity index (χ2n) is 3.45. The Balaban J connectivity index is 0.00000225. The maximum Gasteiger partial charge on any atom is 0.242 e. The smallest absolute Gasteiger partial charge is 0.242 e. The van der Waals surface area contributed by atoms with E-state index in [-0.39, 0.29) is 46.5 Å². The van der Waals surface area contributed by atoms with Gasteiger partial charge in [-0.25, -0.2) is 0 Å². The summed E-state index contributed by atoms with van der Waals surface area (Å²) in [4.78, 5) is 23.6. The monoisotopic (exact) mass is 249 g/mol. The van der Waals surface area contributed by atoms with Crippen molar-refractivity contribution >= 4 is 58.7 Å². The minimum absolute atomic E-state index is 0. The van der Waals surface area contributed by atoms with E-state index in [1.807, 2.05) is 26.0 Å². The van der Waals surface area contributed by atoms with Crippen LogP contribution in [0.5, 0.6) is 0 Å². The summed E-state index contributed by atoms with van der Waals surface area (Å²) in [6.07, 6.45) is 4.50. The molecule has 16 heavy (non-hydrogen) atoms. The predicted molar refractivity (Wildman–Crippen MR) is 66.8 cm³/mol. The van der Waals surface area contributed by atoms with Crippen LogP contribution >= 0.6 is 12.2 Å². The molecule has 0 aromatic carbocycles. The second kappa shape index (κ2) is 6.49. The van der Waals surface area contributed by atoms with Crippen LogP contribution in [0.2, 0.25) is 0 Å². The molecule has 1 heterocycles. The molecule has 0 aromatic rings. The Morgan fingerprint density at radius 3 is 2.19 bits per heavy atom. The van der Waals surface area contributed by atoms with Crippen LogP contribution in [-0.4, -0.2) is 46.5 Å². The Morgan fingerprint density at radius 2 is 1.81 bits per heavy atom. The molecule has 0 unspecified atom stereocenters. The van der Waals surface area contributed by atoms with Gasteiger partial charge in [-0.15, -0.1) is 0 Å². The molecular weight excluding hydrogens is 235 g/mol. The molecule has 1 fully saturated rings. The molecule has 4 nitrogen and oxygen atoms in total. The van der Waals surface area contributed by atoms with Crippen molar-refractivity contribution in [3.63, 3.8) is 0 Å². The third kappa shape index (κ3) is 2.91. The summed E-state index contributed by atoms with van der Waals surface area (Å²) in [7, 11) is 0. The maximum atomic E-state index is 11.8. The van der Waals surface area contributed by atoms with Gasteiger partial charge in [0.25, 0.3) is 0 Å². The predicted octanol–water partition coefficient (Wildman–Crippen LogP) is 0.499. The van der Waals surface area contributed by atoms with Crippen molar-refractivity contribution in [2.45, 2.75) is 26.7 Å². The van der Waals surface area contributed by atoms with Crippen LogP contribution < -0.4 is 10.6 Å². The Labute approximate surface area is 123 Å². The van der Waals surface area contributed by atoms with Crippen LogP contribution in [0.15, 0.2) is 12.2 Å². The third-order valence-corrected chi connectivity index (χ3v) is 2.83. The Bertz CT molecular complexity index is 322. The van der Waals surface area contributed by atoms with Gasteiger partial charge in [0, 0.05) is 29.6 Å². The van der Waals surface area contributed by atoms with E-state index in [4.69, 9.17) is 12.2 Å². The molecule has 1 aliphatic rings. The summed E-state index contributed by atoms with van der Waals surface area (Å²) in [5.74, 6) is -0.617. The van der Waals surface area contributed by atoms with Crippen LogP contribution in [0.25, 0.3) is 0 Å². The number of hydrogen-bond acceptors (Lipinski definition) is 3. The summed E-state index contributed by atoms with van der Waals surface area (Å²) >= 11 is 4.74. The summed E-state index contributed by atoms with van der Waals surface area (Å²) in [5, 5.41) is 5.07. The molecule has 6 heteroatoms. The van der Waals surface area contributed by atoms with Gasteiger partial charge in [-0.05, 0) is 32.0 Å². The van der Waals surface area contributed by atoms with E-state index in [0.29, 0.717) is 12.8 Å². The van der Waals surface area contributed by atoms with Crippen molar-refractivity contribution in [2.24, 2.45) is 5.41 Å². The van der Waals surface area contributed by atoms with Crippen LogP contribution in [-0.2, 0) is 9.59 Å². The zero-order valence-corrected chi connectivity index (χ0v) is 12.6. The first-order valence-electron chi connectivity index (χ1n) is 4.85. The van der Waals surface area contributed by atoms with Gasteiger partial charge in [-0.2, -0.15) is 0 Å². The fraction of sp³-hybridized carbons (Fsp3) is 0.500. The van der Waals surface area contributed by atoms with Gasteiger partial charge in [0.1, 0.15) is 5.41 Å². The van der Waals surface area contributed by atoms with Gasteiger partial charge in [-0.1, -0.05) is 19.1 Å². The number of rotatable bonds is 3. The zero-order valence-electron chi connectivity index (χ0n) is 9.79. The molecule has 0 aliphatic carbocycles. The fourth-order valence-corrected chi connectivity index (χ4v) is 1.74. The molecule has 2 amide bonds. The molecule has 1 radical (unpaired) electrons. The summed E-state index contributed by atoms with van der Waals surface area (Å²) < 4.78 is 0. The number of carbonyl (C=O) groups excluding carboxylic acids is 2. The molecule has 83 valence electrons. The normalized spacial score (nSPS) is 19.0. The van der Waals surface area contributed by atoms with E-state index < -0.39 is 5.41 Å². The van der Waals surface area contributed by atoms with Crippen molar-refractivity contribution < 1.29 is 9.59 Å². The SMILES string of the molecule is CC=CCC1(CC)C(=O)NC(=S)NC1=O.[Na]. The number of thiocarbonyl (C=S) groups is 1. The fourth-order valence-electron chi connectivity index (χ4n) is 1.55. The zero-order chi connectivity index (χ0) is 11.5. The van der Waals surface area contributed by atoms with Gasteiger partial charge in [0.2, 0.25) is 11.8 Å². The molecule has 1 rings (SSSR count). The van der Waals surface area contributed by atoms with Crippen LogP contribution in [0.1, 0.15) is 26.7 Å². The van der Waals surface area contributed by atoms with E-state index in [0.717, 1.165) is 0 Å². The van der Waals surface area contributed by atoms with Gasteiger partial charge in [0.15, 0.2) is 5.11 Å². The number of hydrogen-bond donors (Lipinski definition) is 2. The number of allylic oxidation sites excluding steroid dienone is 2. The van der Waals surface area contributed by atoms with Crippen molar-refractivity contribution in [3.05, 3.63) is 12.2 Å². The summed E-state index contributed by atoms with van der Waals surface area (Å²) in [6.45, 7) is 3.67. The van der Waals surface area contributed by atoms with Gasteiger partial charge >= 0.3 is 0 Å².